The zero-order chi connectivity index (χ0) is 15.0. The molecule has 21 heavy (non-hydrogen) atoms. The van der Waals surface area contributed by atoms with E-state index in [1.54, 1.807) is 25.5 Å². The molecule has 0 saturated heterocycles. The summed E-state index contributed by atoms with van der Waals surface area (Å²) in [6.07, 6.45) is 3.33. The molecule has 0 unspecified atom stereocenters. The lowest BCUT2D eigenvalue weighted by atomic mass is 10.2. The van der Waals surface area contributed by atoms with Gasteiger partial charge in [-0.05, 0) is 18.2 Å². The summed E-state index contributed by atoms with van der Waals surface area (Å²) in [5.41, 5.74) is 0. The van der Waals surface area contributed by atoms with Gasteiger partial charge < -0.3 is 9.88 Å². The van der Waals surface area contributed by atoms with Gasteiger partial charge in [0, 0.05) is 29.5 Å². The predicted molar refractivity (Wildman–Crippen MR) is 81.2 cm³/mol. The lowest BCUT2D eigenvalue weighted by molar-refractivity contribution is 0.0787. The van der Waals surface area contributed by atoms with E-state index in [0.29, 0.717) is 32.4 Å². The van der Waals surface area contributed by atoms with E-state index < -0.39 is 0 Å². The summed E-state index contributed by atoms with van der Waals surface area (Å²) in [7, 11) is 1.67. The first-order valence-electron chi connectivity index (χ1n) is 6.17. The normalized spacial score (nSPS) is 11.0. The molecule has 0 aliphatic rings. The van der Waals surface area contributed by atoms with Crippen LogP contribution < -0.4 is 0 Å². The highest BCUT2D eigenvalue weighted by Gasteiger charge is 2.21. The van der Waals surface area contributed by atoms with Crippen LogP contribution in [0.1, 0.15) is 15.5 Å². The summed E-state index contributed by atoms with van der Waals surface area (Å²) in [5, 5.41) is 1.06. The Kier molecular flexibility index (Phi) is 3.65. The Bertz CT molecular complexity index is 800. The second-order valence-corrected chi connectivity index (χ2v) is 6.01. The predicted octanol–water partition coefficient (Wildman–Crippen LogP) is 3.69. The van der Waals surface area contributed by atoms with Crippen LogP contribution in [0.4, 0.5) is 4.39 Å². The molecule has 7 heteroatoms. The number of aromatic nitrogens is 2. The minimum absolute atomic E-state index is 0.210. The number of halogens is 2. The number of imidazole rings is 1. The van der Waals surface area contributed by atoms with Gasteiger partial charge in [0.1, 0.15) is 16.5 Å². The molecule has 0 aliphatic carbocycles. The minimum atomic E-state index is -0.344. The highest BCUT2D eigenvalue weighted by atomic mass is 35.5. The minimum Gasteiger partial charge on any atom is -0.347 e. The van der Waals surface area contributed by atoms with E-state index in [1.807, 2.05) is 0 Å². The van der Waals surface area contributed by atoms with Crippen LogP contribution in [0.5, 0.6) is 0 Å². The quantitative estimate of drug-likeness (QED) is 0.799. The van der Waals surface area contributed by atoms with Gasteiger partial charge in [0.05, 0.1) is 11.6 Å². The second-order valence-electron chi connectivity index (χ2n) is 4.58. The lowest BCUT2D eigenvalue weighted by Gasteiger charge is -2.14. The molecule has 1 N–H and O–H groups in total. The lowest BCUT2D eigenvalue weighted by Crippen LogP contribution is -2.26. The van der Waals surface area contributed by atoms with Crippen molar-refractivity contribution in [2.45, 2.75) is 6.54 Å². The number of H-pyrrole nitrogens is 1. The van der Waals surface area contributed by atoms with E-state index in [-0.39, 0.29) is 11.7 Å². The van der Waals surface area contributed by atoms with Gasteiger partial charge in [0.25, 0.3) is 5.91 Å². The number of fused-ring (bicyclic) bond motifs is 1. The number of nitrogens with one attached hydrogen (secondary N) is 1. The third kappa shape index (κ3) is 2.64. The van der Waals surface area contributed by atoms with Crippen molar-refractivity contribution in [2.75, 3.05) is 7.05 Å². The van der Waals surface area contributed by atoms with Crippen LogP contribution >= 0.6 is 22.9 Å². The highest BCUT2D eigenvalue weighted by Crippen LogP contribution is 2.36. The molecule has 1 amide bonds. The summed E-state index contributed by atoms with van der Waals surface area (Å²) in [6.45, 7) is 0.352. The van der Waals surface area contributed by atoms with Gasteiger partial charge in [-0.2, -0.15) is 0 Å². The fourth-order valence-electron chi connectivity index (χ4n) is 2.03. The number of carbonyl (C=O) groups is 1. The zero-order valence-electron chi connectivity index (χ0n) is 11.1. The Labute approximate surface area is 129 Å². The summed E-state index contributed by atoms with van der Waals surface area (Å²) >= 11 is 7.44. The maximum Gasteiger partial charge on any atom is 0.265 e. The maximum atomic E-state index is 13.2. The molecule has 4 nitrogen and oxygen atoms in total. The number of thiophene rings is 1. The van der Waals surface area contributed by atoms with Crippen LogP contribution in [-0.4, -0.2) is 27.8 Å². The molecule has 108 valence electrons. The average Bonchev–Trinajstić information content (AvgIpc) is 3.06. The molecule has 2 aromatic heterocycles. The van der Waals surface area contributed by atoms with Crippen molar-refractivity contribution in [1.29, 1.82) is 0 Å². The van der Waals surface area contributed by atoms with Crippen molar-refractivity contribution in [2.24, 2.45) is 0 Å². The van der Waals surface area contributed by atoms with E-state index in [9.17, 15) is 9.18 Å². The van der Waals surface area contributed by atoms with E-state index in [2.05, 4.69) is 9.97 Å². The van der Waals surface area contributed by atoms with Crippen LogP contribution in [0.2, 0.25) is 5.02 Å². The van der Waals surface area contributed by atoms with Crippen molar-refractivity contribution >= 4 is 38.9 Å². The first kappa shape index (κ1) is 14.0. The number of amides is 1. The molecular formula is C14H11ClFN3OS. The molecule has 0 bridgehead atoms. The Morgan fingerprint density at radius 2 is 2.33 bits per heavy atom. The van der Waals surface area contributed by atoms with Crippen LogP contribution in [0.3, 0.4) is 0 Å². The van der Waals surface area contributed by atoms with E-state index >= 15 is 0 Å². The van der Waals surface area contributed by atoms with Crippen molar-refractivity contribution in [3.63, 3.8) is 0 Å². The third-order valence-corrected chi connectivity index (χ3v) is 4.72. The number of carbonyl (C=O) groups excluding carboxylic acids is 1. The maximum absolute atomic E-state index is 13.2. The number of rotatable bonds is 3. The van der Waals surface area contributed by atoms with Crippen molar-refractivity contribution in [3.8, 4) is 0 Å². The molecule has 0 radical (unpaired) electrons. The number of hydrogen-bond donors (Lipinski definition) is 1. The van der Waals surface area contributed by atoms with Gasteiger partial charge in [-0.3, -0.25) is 4.79 Å². The molecular weight excluding hydrogens is 313 g/mol. The fourth-order valence-corrected chi connectivity index (χ4v) is 3.56. The Hall–Kier alpha value is -1.92. The average molecular weight is 324 g/mol. The van der Waals surface area contributed by atoms with Gasteiger partial charge in [0.15, 0.2) is 0 Å². The topological polar surface area (TPSA) is 49.0 Å². The summed E-state index contributed by atoms with van der Waals surface area (Å²) in [6, 6.07) is 4.31. The third-order valence-electron chi connectivity index (χ3n) is 3.07. The zero-order valence-corrected chi connectivity index (χ0v) is 12.6. The smallest absolute Gasteiger partial charge is 0.265 e. The first-order chi connectivity index (χ1) is 10.1. The molecule has 0 aliphatic heterocycles. The first-order valence-corrected chi connectivity index (χ1v) is 7.37. The number of hydrogen-bond acceptors (Lipinski definition) is 3. The van der Waals surface area contributed by atoms with Crippen molar-refractivity contribution in [1.82, 2.24) is 14.9 Å². The molecule has 3 rings (SSSR count). The van der Waals surface area contributed by atoms with E-state index in [1.165, 1.54) is 28.4 Å². The Morgan fingerprint density at radius 1 is 1.52 bits per heavy atom. The molecule has 3 aromatic rings. The number of benzene rings is 1. The number of nitrogens with zero attached hydrogens (tertiary/aromatic N) is 2. The molecule has 0 fully saturated rings. The van der Waals surface area contributed by atoms with Crippen molar-refractivity contribution < 1.29 is 9.18 Å². The van der Waals surface area contributed by atoms with E-state index in [4.69, 9.17) is 11.6 Å². The Balaban J connectivity index is 1.92. The molecule has 0 spiro atoms. The molecule has 0 atom stereocenters. The molecule has 0 saturated carbocycles. The van der Waals surface area contributed by atoms with Gasteiger partial charge in [-0.25, -0.2) is 9.37 Å². The second kappa shape index (κ2) is 5.46. The summed E-state index contributed by atoms with van der Waals surface area (Å²) in [4.78, 5) is 21.4. The van der Waals surface area contributed by atoms with E-state index in [0.717, 1.165) is 0 Å². The van der Waals surface area contributed by atoms with Crippen molar-refractivity contribution in [3.05, 3.63) is 52.1 Å². The standard InChI is InChI=1S/C14H11ClFN3OS/c1-19(7-11-17-4-5-18-11)14(20)13-12(15)9-3-2-8(16)6-10(9)21-13/h2-6H,7H2,1H3,(H,17,18). The highest BCUT2D eigenvalue weighted by molar-refractivity contribution is 7.21. The van der Waals surface area contributed by atoms with Crippen LogP contribution in [0, 0.1) is 5.82 Å². The fraction of sp³-hybridized carbons (Fsp3) is 0.143. The Morgan fingerprint density at radius 3 is 3.05 bits per heavy atom. The summed E-state index contributed by atoms with van der Waals surface area (Å²) < 4.78 is 13.9. The monoisotopic (exact) mass is 323 g/mol. The SMILES string of the molecule is CN(Cc1ncc[nH]1)C(=O)c1sc2cc(F)ccc2c1Cl. The van der Waals surface area contributed by atoms with Crippen LogP contribution in [0.25, 0.3) is 10.1 Å². The van der Waals surface area contributed by atoms with Gasteiger partial charge >= 0.3 is 0 Å². The summed E-state index contributed by atoms with van der Waals surface area (Å²) in [5.74, 6) is 0.135. The van der Waals surface area contributed by atoms with Gasteiger partial charge in [0.2, 0.25) is 0 Å². The van der Waals surface area contributed by atoms with Gasteiger partial charge in [-0.1, -0.05) is 11.6 Å². The molecule has 2 heterocycles. The van der Waals surface area contributed by atoms with Gasteiger partial charge in [-0.15, -0.1) is 11.3 Å². The largest absolute Gasteiger partial charge is 0.347 e. The van der Waals surface area contributed by atoms with Crippen LogP contribution in [0.15, 0.2) is 30.6 Å². The van der Waals surface area contributed by atoms with Crippen LogP contribution in [-0.2, 0) is 6.54 Å². The number of aromatic amines is 1. The molecule has 1 aromatic carbocycles.